The molecule has 0 saturated heterocycles. The van der Waals surface area contributed by atoms with E-state index in [0.717, 1.165) is 0 Å². The zero-order chi connectivity index (χ0) is 17.7. The zero-order valence-corrected chi connectivity index (χ0v) is 7.41. The summed E-state index contributed by atoms with van der Waals surface area (Å²) in [5.41, 5.74) is -4.04. The molecule has 0 unspecified atom stereocenters. The summed E-state index contributed by atoms with van der Waals surface area (Å²) in [4.78, 5) is 0. The van der Waals surface area contributed by atoms with E-state index in [4.69, 9.17) is 13.7 Å². The molecule has 0 radical (unpaired) electrons. The molecule has 0 aliphatic rings. The third-order valence-electron chi connectivity index (χ3n) is 1.14. The topological polar surface area (TPSA) is 23.8 Å². The van der Waals surface area contributed by atoms with Crippen molar-refractivity contribution >= 4 is 15.9 Å². The lowest BCUT2D eigenvalue weighted by molar-refractivity contribution is 0.686. The maximum atomic E-state index is 9.34. The SMILES string of the molecule is [2H]c1c([2H])c(Br)c([2H])c(C(C#N)(C([2H])([2H])[2H])C([2H])([2H])[2H])c1[2H]. The molecule has 0 aliphatic carbocycles. The minimum Gasteiger partial charge on any atom is -0.197 e. The Bertz CT molecular complexity index is 611. The second kappa shape index (κ2) is 3.28. The smallest absolute Gasteiger partial charge is 0.0766 e. The molecule has 62 valence electrons. The van der Waals surface area contributed by atoms with E-state index in [0.29, 0.717) is 0 Å². The van der Waals surface area contributed by atoms with Gasteiger partial charge in [0.15, 0.2) is 0 Å². The highest BCUT2D eigenvalue weighted by molar-refractivity contribution is 9.10. The van der Waals surface area contributed by atoms with Gasteiger partial charge in [-0.1, -0.05) is 28.0 Å². The van der Waals surface area contributed by atoms with E-state index >= 15 is 0 Å². The average molecular weight is 234 g/mol. The second-order valence-corrected chi connectivity index (χ2v) is 2.84. The van der Waals surface area contributed by atoms with Crippen molar-refractivity contribution < 1.29 is 13.7 Å². The van der Waals surface area contributed by atoms with Crippen molar-refractivity contribution in [3.8, 4) is 6.07 Å². The first-order chi connectivity index (χ1) is 9.74. The van der Waals surface area contributed by atoms with Crippen molar-refractivity contribution in [3.05, 3.63) is 34.2 Å². The predicted molar refractivity (Wildman–Crippen MR) is 52.8 cm³/mol. The molecule has 0 N–H and O–H groups in total. The van der Waals surface area contributed by atoms with Crippen LogP contribution in [0.2, 0.25) is 0 Å². The van der Waals surface area contributed by atoms with Gasteiger partial charge in [0.1, 0.15) is 0 Å². The molecule has 1 rings (SSSR count). The van der Waals surface area contributed by atoms with Gasteiger partial charge in [-0.2, -0.15) is 5.26 Å². The molecular weight excluding hydrogens is 214 g/mol. The minimum atomic E-state index is -3.37. The van der Waals surface area contributed by atoms with Crippen molar-refractivity contribution in [1.29, 1.82) is 5.26 Å². The first kappa shape index (κ1) is 2.59. The van der Waals surface area contributed by atoms with Crippen LogP contribution in [-0.4, -0.2) is 0 Å². The first-order valence-electron chi connectivity index (χ1n) is 7.91. The fraction of sp³-hybridized carbons (Fsp3) is 0.300. The van der Waals surface area contributed by atoms with Crippen LogP contribution in [0.15, 0.2) is 28.6 Å². The average Bonchev–Trinajstić information content (AvgIpc) is 2.36. The fourth-order valence-corrected chi connectivity index (χ4v) is 0.862. The summed E-state index contributed by atoms with van der Waals surface area (Å²) in [6.07, 6.45) is 0. The maximum Gasteiger partial charge on any atom is 0.0766 e. The Morgan fingerprint density at radius 2 is 2.42 bits per heavy atom. The molecule has 0 aliphatic heterocycles. The van der Waals surface area contributed by atoms with E-state index in [2.05, 4.69) is 15.9 Å². The van der Waals surface area contributed by atoms with Crippen LogP contribution in [0.5, 0.6) is 0 Å². The monoisotopic (exact) mass is 233 g/mol. The highest BCUT2D eigenvalue weighted by Gasteiger charge is 2.19. The molecule has 0 aromatic heterocycles. The van der Waals surface area contributed by atoms with Crippen LogP contribution in [0.25, 0.3) is 0 Å². The highest BCUT2D eigenvalue weighted by Crippen LogP contribution is 2.24. The lowest BCUT2D eigenvalue weighted by Gasteiger charge is -2.15. The highest BCUT2D eigenvalue weighted by atomic mass is 79.9. The summed E-state index contributed by atoms with van der Waals surface area (Å²) in [5.74, 6) is 0. The van der Waals surface area contributed by atoms with Gasteiger partial charge in [0.05, 0.1) is 17.0 Å². The van der Waals surface area contributed by atoms with Crippen molar-refractivity contribution in [2.75, 3.05) is 0 Å². The molecule has 0 atom stereocenters. The summed E-state index contributed by atoms with van der Waals surface area (Å²) < 4.78 is 75.4. The van der Waals surface area contributed by atoms with Crippen molar-refractivity contribution in [2.45, 2.75) is 19.1 Å². The molecule has 2 heteroatoms. The Labute approximate surface area is 95.2 Å². The second-order valence-electron chi connectivity index (χ2n) is 2.05. The molecule has 1 aromatic rings. The van der Waals surface area contributed by atoms with Crippen molar-refractivity contribution in [3.63, 3.8) is 0 Å². The zero-order valence-electron chi connectivity index (χ0n) is 15.8. The van der Waals surface area contributed by atoms with E-state index in [1.165, 1.54) is 6.07 Å². The van der Waals surface area contributed by atoms with Gasteiger partial charge in [0.25, 0.3) is 0 Å². The van der Waals surface area contributed by atoms with Gasteiger partial charge in [-0.3, -0.25) is 0 Å². The van der Waals surface area contributed by atoms with Crippen LogP contribution in [0, 0.1) is 11.3 Å². The Kier molecular flexibility index (Phi) is 0.708. The van der Waals surface area contributed by atoms with Crippen LogP contribution >= 0.6 is 15.9 Å². The van der Waals surface area contributed by atoms with Gasteiger partial charge in [-0.25, -0.2) is 0 Å². The van der Waals surface area contributed by atoms with Gasteiger partial charge in [-0.05, 0) is 31.4 Å². The number of hydrogen-bond donors (Lipinski definition) is 0. The number of hydrogen-bond acceptors (Lipinski definition) is 1. The largest absolute Gasteiger partial charge is 0.197 e. The van der Waals surface area contributed by atoms with Crippen molar-refractivity contribution in [2.24, 2.45) is 0 Å². The van der Waals surface area contributed by atoms with Crippen molar-refractivity contribution in [1.82, 2.24) is 0 Å². The third-order valence-corrected chi connectivity index (χ3v) is 1.53. The molecule has 0 amide bonds. The van der Waals surface area contributed by atoms with Crippen LogP contribution in [-0.2, 0) is 5.41 Å². The molecule has 0 fully saturated rings. The lowest BCUT2D eigenvalue weighted by Crippen LogP contribution is -2.13. The van der Waals surface area contributed by atoms with Crippen LogP contribution in [0.4, 0.5) is 0 Å². The standard InChI is InChI=1S/C10H10BrN/c1-10(2,7-12)8-4-3-5-9(11)6-8/h3-6H,1-2H3/i1D3,2D3,3D,4D,5D,6D. The molecule has 12 heavy (non-hydrogen) atoms. The summed E-state index contributed by atoms with van der Waals surface area (Å²) in [5, 5.41) is 9.34. The molecule has 1 nitrogen and oxygen atoms in total. The van der Waals surface area contributed by atoms with E-state index in [9.17, 15) is 5.26 Å². The summed E-state index contributed by atoms with van der Waals surface area (Å²) >= 11 is 2.82. The summed E-state index contributed by atoms with van der Waals surface area (Å²) in [7, 11) is 0. The summed E-state index contributed by atoms with van der Waals surface area (Å²) in [6, 6.07) is -1.76. The molecule has 0 bridgehead atoms. The maximum absolute atomic E-state index is 9.34. The van der Waals surface area contributed by atoms with E-state index in [1.807, 2.05) is 0 Å². The number of nitrogens with zero attached hydrogens (tertiary/aromatic N) is 1. The molecule has 0 spiro atoms. The van der Waals surface area contributed by atoms with E-state index in [1.54, 1.807) is 0 Å². The quantitative estimate of drug-likeness (QED) is 0.731. The van der Waals surface area contributed by atoms with Gasteiger partial charge < -0.3 is 0 Å². The summed E-state index contributed by atoms with van der Waals surface area (Å²) in [6.45, 7) is -6.73. The van der Waals surface area contributed by atoms with Gasteiger partial charge in [0.2, 0.25) is 0 Å². The van der Waals surface area contributed by atoms with Crippen LogP contribution in [0.1, 0.15) is 33.0 Å². The first-order valence-corrected chi connectivity index (χ1v) is 3.71. The Morgan fingerprint density at radius 3 is 3.00 bits per heavy atom. The molecule has 1 aromatic carbocycles. The van der Waals surface area contributed by atoms with E-state index in [-0.39, 0.29) is 4.47 Å². The van der Waals surface area contributed by atoms with Gasteiger partial charge >= 0.3 is 0 Å². The Morgan fingerprint density at radius 1 is 1.67 bits per heavy atom. The van der Waals surface area contributed by atoms with E-state index < -0.39 is 48.9 Å². The number of nitriles is 1. The predicted octanol–water partition coefficient (Wildman–Crippen LogP) is 3.25. The van der Waals surface area contributed by atoms with Gasteiger partial charge in [0, 0.05) is 12.7 Å². The van der Waals surface area contributed by atoms with Crippen LogP contribution in [0.3, 0.4) is 0 Å². The van der Waals surface area contributed by atoms with Gasteiger partial charge in [-0.15, -0.1) is 0 Å². The number of benzene rings is 1. The normalized spacial score (nSPS) is 25.0. The third kappa shape index (κ3) is 1.86. The fourth-order valence-electron chi connectivity index (χ4n) is 0.564. The lowest BCUT2D eigenvalue weighted by atomic mass is 9.87. The molecule has 0 heterocycles. The minimum absolute atomic E-state index is 0.336. The Hall–Kier alpha value is -0.810. The Balaban J connectivity index is 4.11. The number of halogens is 1. The number of rotatable bonds is 1. The van der Waals surface area contributed by atoms with Crippen LogP contribution < -0.4 is 0 Å². The molecular formula is C10H10BrN. The molecule has 0 saturated carbocycles.